The fourth-order valence-corrected chi connectivity index (χ4v) is 3.55. The van der Waals surface area contributed by atoms with Crippen LogP contribution in [0.15, 0.2) is 85.3 Å². The molecule has 0 aliphatic carbocycles. The molecule has 0 saturated carbocycles. The van der Waals surface area contributed by atoms with Crippen LogP contribution in [0.3, 0.4) is 0 Å². The Morgan fingerprint density at radius 2 is 1.50 bits per heavy atom. The first-order valence-electron chi connectivity index (χ1n) is 11.6. The van der Waals surface area contributed by atoms with E-state index in [1.54, 1.807) is 0 Å². The summed E-state index contributed by atoms with van der Waals surface area (Å²) >= 11 is 0. The number of aryl methyl sites for hydroxylation is 1. The van der Waals surface area contributed by atoms with Crippen LogP contribution in [-0.2, 0) is 7.05 Å². The van der Waals surface area contributed by atoms with Crippen LogP contribution in [0, 0.1) is 5.92 Å². The van der Waals surface area contributed by atoms with E-state index in [0.29, 0.717) is 0 Å². The van der Waals surface area contributed by atoms with Gasteiger partial charge in [0.25, 0.3) is 0 Å². The van der Waals surface area contributed by atoms with Gasteiger partial charge in [-0.3, -0.25) is 4.98 Å². The molecule has 0 radical (unpaired) electrons. The number of rotatable bonds is 3. The maximum Gasteiger partial charge on any atom is 0.312 e. The van der Waals surface area contributed by atoms with Crippen LogP contribution < -0.4 is 4.57 Å². The smallest absolute Gasteiger partial charge is 0.254 e. The Morgan fingerprint density at radius 1 is 0.875 bits per heavy atom. The van der Waals surface area contributed by atoms with Gasteiger partial charge in [0.15, 0.2) is 6.20 Å². The molecular weight excluding hydrogens is 392 g/mol. The van der Waals surface area contributed by atoms with E-state index >= 15 is 0 Å². The van der Waals surface area contributed by atoms with Crippen LogP contribution in [0.1, 0.15) is 41.0 Å². The number of pyridine rings is 1. The van der Waals surface area contributed by atoms with Crippen molar-refractivity contribution in [2.75, 3.05) is 0 Å². The Bertz CT molecular complexity index is 1210. The van der Waals surface area contributed by atoms with E-state index in [0.717, 1.165) is 33.7 Å². The molecule has 0 spiro atoms. The monoisotopic (exact) mass is 427 g/mol. The number of hydrogen-bond acceptors (Lipinski definition) is 1. The van der Waals surface area contributed by atoms with Crippen LogP contribution in [0.5, 0.6) is 0 Å². The van der Waals surface area contributed by atoms with Gasteiger partial charge in [-0.25, -0.2) is 4.57 Å². The van der Waals surface area contributed by atoms with Crippen molar-refractivity contribution < 1.29 is 4.57 Å². The lowest BCUT2D eigenvalue weighted by Crippen LogP contribution is -2.30. The average Bonchev–Trinajstić information content (AvgIpc) is 3.38. The summed E-state index contributed by atoms with van der Waals surface area (Å²) in [5, 5.41) is 1.16. The predicted molar refractivity (Wildman–Crippen MR) is 136 cm³/mol. The lowest BCUT2D eigenvalue weighted by Gasteiger charge is -2.06. The molecule has 0 saturated heterocycles. The summed E-state index contributed by atoms with van der Waals surface area (Å²) < 4.78 is 6.58. The van der Waals surface area contributed by atoms with Gasteiger partial charge in [0.1, 0.15) is 11.7 Å². The van der Waals surface area contributed by atoms with Gasteiger partial charge >= 0.3 is 5.82 Å². The van der Waals surface area contributed by atoms with Crippen molar-refractivity contribution in [1.82, 2.24) is 14.3 Å². The van der Waals surface area contributed by atoms with E-state index in [9.17, 15) is 0 Å². The zero-order valence-corrected chi connectivity index (χ0v) is 20.2. The average molecular weight is 428 g/mol. The van der Waals surface area contributed by atoms with Crippen molar-refractivity contribution in [3.05, 3.63) is 85.3 Å². The van der Waals surface area contributed by atoms with Crippen LogP contribution in [0.4, 0.5) is 0 Å². The van der Waals surface area contributed by atoms with Crippen LogP contribution in [0.25, 0.3) is 33.3 Å². The SMILES string of the molecule is CC.CCC(C)C.C[n+]1ccn(-n2c3ccccc3c3ncccc32)c1-c1ccccc1. The summed E-state index contributed by atoms with van der Waals surface area (Å²) in [6.45, 7) is 10.6. The first-order valence-corrected chi connectivity index (χ1v) is 11.6. The van der Waals surface area contributed by atoms with Gasteiger partial charge in [-0.05, 0) is 36.2 Å². The van der Waals surface area contributed by atoms with Crippen molar-refractivity contribution in [3.63, 3.8) is 0 Å². The molecule has 0 unspecified atom stereocenters. The quantitative estimate of drug-likeness (QED) is 0.289. The normalized spacial score (nSPS) is 10.6. The lowest BCUT2D eigenvalue weighted by molar-refractivity contribution is -0.659. The van der Waals surface area contributed by atoms with Crippen LogP contribution >= 0.6 is 0 Å². The molecule has 0 N–H and O–H groups in total. The number of para-hydroxylation sites is 1. The summed E-state index contributed by atoms with van der Waals surface area (Å²) in [6, 6.07) is 23.0. The predicted octanol–water partition coefficient (Wildman–Crippen LogP) is 6.87. The van der Waals surface area contributed by atoms with Crippen molar-refractivity contribution in [3.8, 4) is 11.4 Å². The fourth-order valence-electron chi connectivity index (χ4n) is 3.55. The molecule has 5 rings (SSSR count). The molecule has 2 aromatic carbocycles. The Balaban J connectivity index is 0.000000368. The van der Waals surface area contributed by atoms with E-state index in [-0.39, 0.29) is 0 Å². The Hall–Kier alpha value is -3.40. The molecule has 0 aliphatic rings. The Kier molecular flexibility index (Phi) is 7.82. The van der Waals surface area contributed by atoms with Crippen molar-refractivity contribution >= 4 is 21.9 Å². The highest BCUT2D eigenvalue weighted by Gasteiger charge is 2.22. The van der Waals surface area contributed by atoms with Gasteiger partial charge in [-0.1, -0.05) is 77.4 Å². The summed E-state index contributed by atoms with van der Waals surface area (Å²) in [5.41, 5.74) is 4.43. The molecular formula is C28H35N4+. The zero-order chi connectivity index (χ0) is 23.1. The number of hydrogen-bond donors (Lipinski definition) is 0. The Morgan fingerprint density at radius 3 is 2.19 bits per heavy atom. The van der Waals surface area contributed by atoms with E-state index in [4.69, 9.17) is 0 Å². The fraction of sp³-hybridized carbons (Fsp3) is 0.286. The molecule has 0 amide bonds. The van der Waals surface area contributed by atoms with Gasteiger partial charge in [0, 0.05) is 11.6 Å². The summed E-state index contributed by atoms with van der Waals surface area (Å²) in [6.07, 6.45) is 7.34. The van der Waals surface area contributed by atoms with E-state index in [2.05, 4.69) is 114 Å². The number of aromatic nitrogens is 4. The number of fused-ring (bicyclic) bond motifs is 3. The van der Waals surface area contributed by atoms with Gasteiger partial charge in [-0.2, -0.15) is 4.68 Å². The maximum atomic E-state index is 4.62. The third-order valence-corrected chi connectivity index (χ3v) is 5.45. The molecule has 166 valence electrons. The minimum Gasteiger partial charge on any atom is -0.254 e. The van der Waals surface area contributed by atoms with E-state index < -0.39 is 0 Å². The maximum absolute atomic E-state index is 4.62. The Labute approximate surface area is 191 Å². The van der Waals surface area contributed by atoms with Gasteiger partial charge in [-0.15, -0.1) is 4.68 Å². The number of nitrogens with zero attached hydrogens (tertiary/aromatic N) is 4. The number of imidazole rings is 1. The third kappa shape index (κ3) is 4.59. The summed E-state index contributed by atoms with van der Waals surface area (Å²) in [7, 11) is 2.07. The summed E-state index contributed by atoms with van der Waals surface area (Å²) in [5.74, 6) is 2.00. The minimum absolute atomic E-state index is 0.884. The van der Waals surface area contributed by atoms with Gasteiger partial charge < -0.3 is 0 Å². The molecule has 32 heavy (non-hydrogen) atoms. The molecule has 0 atom stereocenters. The lowest BCUT2D eigenvalue weighted by atomic mass is 10.2. The zero-order valence-electron chi connectivity index (χ0n) is 20.2. The van der Waals surface area contributed by atoms with Gasteiger partial charge in [0.2, 0.25) is 0 Å². The molecule has 4 heteroatoms. The highest BCUT2D eigenvalue weighted by atomic mass is 15.5. The molecule has 0 aliphatic heterocycles. The molecule has 0 bridgehead atoms. The number of benzene rings is 2. The van der Waals surface area contributed by atoms with Crippen molar-refractivity contribution in [2.45, 2.75) is 41.0 Å². The highest BCUT2D eigenvalue weighted by Crippen LogP contribution is 2.28. The molecule has 5 aromatic rings. The second-order valence-electron chi connectivity index (χ2n) is 7.95. The molecule has 0 fully saturated rings. The second-order valence-corrected chi connectivity index (χ2v) is 7.95. The standard InChI is InChI=1S/C21H17N4.C5H12.C2H6/c1-23-14-15-24(21(23)16-8-3-2-4-9-16)25-18-11-6-5-10-17(18)20-19(25)12-7-13-22-20;1-4-5(2)3;1-2/h2-15H,1H3;5H,4H2,1-3H3;1-2H3/q+1;;. The van der Waals surface area contributed by atoms with Crippen LogP contribution in [-0.4, -0.2) is 14.3 Å². The molecule has 3 aromatic heterocycles. The third-order valence-electron chi connectivity index (χ3n) is 5.45. The van der Waals surface area contributed by atoms with Crippen molar-refractivity contribution in [1.29, 1.82) is 0 Å². The van der Waals surface area contributed by atoms with E-state index in [1.165, 1.54) is 12.0 Å². The second kappa shape index (κ2) is 10.8. The molecule has 4 nitrogen and oxygen atoms in total. The minimum atomic E-state index is 0.884. The summed E-state index contributed by atoms with van der Waals surface area (Å²) in [4.78, 5) is 4.62. The van der Waals surface area contributed by atoms with Crippen molar-refractivity contribution in [2.24, 2.45) is 13.0 Å². The first kappa shape index (κ1) is 23.3. The topological polar surface area (TPSA) is 26.6 Å². The van der Waals surface area contributed by atoms with E-state index in [1.807, 2.05) is 32.2 Å². The van der Waals surface area contributed by atoms with Gasteiger partial charge in [0.05, 0.1) is 23.6 Å². The largest absolute Gasteiger partial charge is 0.312 e. The highest BCUT2D eigenvalue weighted by molar-refractivity contribution is 6.05. The first-order chi connectivity index (χ1) is 15.6. The van der Waals surface area contributed by atoms with Crippen LogP contribution in [0.2, 0.25) is 0 Å². The molecule has 3 heterocycles.